The van der Waals surface area contributed by atoms with Gasteiger partial charge in [-0.2, -0.15) is 5.11 Å². The van der Waals surface area contributed by atoms with E-state index in [0.717, 1.165) is 19.1 Å². The number of nitrogens with one attached hydrogen (secondary N) is 1. The summed E-state index contributed by atoms with van der Waals surface area (Å²) in [5, 5.41) is 33.5. The van der Waals surface area contributed by atoms with Crippen molar-refractivity contribution in [3.8, 4) is 11.5 Å². The third-order valence-electron chi connectivity index (χ3n) is 5.10. The number of hydrogen-bond donors (Lipinski definition) is 1. The van der Waals surface area contributed by atoms with E-state index in [1.807, 2.05) is 0 Å². The summed E-state index contributed by atoms with van der Waals surface area (Å²) in [5.74, 6) is -4.39. The molecule has 0 atom stereocenters. The monoisotopic (exact) mass is 727 g/mol. The standard InChI is InChI=1S/C20H19N3O15S4.Cu/c1-10(24)21-15-8-13(40(29,30)31)6-11-7-17(41(32,33)34)19(20(26)18(11)15)23-22-14-3-2-12(9-16(14)25)39(27,28)5-4-38-42(35,36)37;/h2-3,6-9,25-26H,4-5H2,1H3,(H,21,24)(H,29,30,31)(H,32,33,34)(H,35,36,37);/q;+2/p-5. The van der Waals surface area contributed by atoms with Crippen LogP contribution >= 0.6 is 0 Å². The first-order valence-electron chi connectivity index (χ1n) is 10.7. The van der Waals surface area contributed by atoms with E-state index in [0.29, 0.717) is 24.3 Å². The van der Waals surface area contributed by atoms with Gasteiger partial charge in [0.1, 0.15) is 20.2 Å². The molecule has 1 amide bonds. The van der Waals surface area contributed by atoms with Crippen molar-refractivity contribution in [3.05, 3.63) is 36.4 Å². The number of azo groups is 1. The first-order chi connectivity index (χ1) is 19.1. The van der Waals surface area contributed by atoms with Crippen LogP contribution in [0.3, 0.4) is 0 Å². The van der Waals surface area contributed by atoms with Crippen molar-refractivity contribution in [2.45, 2.75) is 21.6 Å². The Kier molecular flexibility index (Phi) is 10.7. The molecule has 0 aliphatic carbocycles. The number of benzene rings is 3. The van der Waals surface area contributed by atoms with Crippen LogP contribution < -0.4 is 15.5 Å². The molecule has 1 N–H and O–H groups in total. The van der Waals surface area contributed by atoms with Gasteiger partial charge in [-0.15, -0.1) is 5.11 Å². The molecule has 0 saturated heterocycles. The summed E-state index contributed by atoms with van der Waals surface area (Å²) in [6.45, 7) is -0.0859. The van der Waals surface area contributed by atoms with Gasteiger partial charge in [0.2, 0.25) is 16.3 Å². The van der Waals surface area contributed by atoms with Gasteiger partial charge in [-0.1, -0.05) is 11.5 Å². The second kappa shape index (κ2) is 12.8. The maximum Gasteiger partial charge on any atom is 2.00 e. The fraction of sp³-hybridized carbons (Fsp3) is 0.150. The summed E-state index contributed by atoms with van der Waals surface area (Å²) < 4.78 is 130. The molecule has 1 radical (unpaired) electrons. The fourth-order valence-electron chi connectivity index (χ4n) is 3.40. The molecule has 0 unspecified atom stereocenters. The van der Waals surface area contributed by atoms with Crippen LogP contribution in [0.5, 0.6) is 11.5 Å². The van der Waals surface area contributed by atoms with Gasteiger partial charge in [0.05, 0.1) is 38.4 Å². The van der Waals surface area contributed by atoms with Crippen molar-refractivity contribution in [3.63, 3.8) is 0 Å². The molecule has 43 heavy (non-hydrogen) atoms. The SMILES string of the molecule is CC(=O)Nc1cc(S(=O)(=O)[O-])cc2cc(S(=O)(=O)[O-])c(N=Nc3ccc(S(=O)(=O)CCOS(=O)(=O)[O-])cc3[O-])c([O-])c12.[Cu+2]. The maximum absolute atomic E-state index is 13.3. The van der Waals surface area contributed by atoms with Crippen LogP contribution in [0.25, 0.3) is 10.8 Å². The van der Waals surface area contributed by atoms with Crippen LogP contribution in [0, 0.1) is 0 Å². The first-order valence-corrected chi connectivity index (χ1v) is 16.5. The van der Waals surface area contributed by atoms with Gasteiger partial charge in [-0.3, -0.25) is 8.98 Å². The molecule has 3 aromatic rings. The molecule has 18 nitrogen and oxygen atoms in total. The summed E-state index contributed by atoms with van der Waals surface area (Å²) in [6.07, 6.45) is 0. The topological polar surface area (TPSA) is 315 Å². The van der Waals surface area contributed by atoms with E-state index in [1.165, 1.54) is 0 Å². The van der Waals surface area contributed by atoms with E-state index in [1.54, 1.807) is 0 Å². The van der Waals surface area contributed by atoms with Crippen molar-refractivity contribution >= 4 is 74.2 Å². The molecule has 237 valence electrons. The van der Waals surface area contributed by atoms with Gasteiger partial charge >= 0.3 is 17.1 Å². The summed E-state index contributed by atoms with van der Waals surface area (Å²) in [6, 6.07) is 3.80. The van der Waals surface area contributed by atoms with Crippen molar-refractivity contribution in [1.82, 2.24) is 0 Å². The molecule has 0 spiro atoms. The van der Waals surface area contributed by atoms with E-state index in [-0.39, 0.29) is 17.1 Å². The molecule has 0 aliphatic rings. The van der Waals surface area contributed by atoms with Gasteiger partial charge in [0, 0.05) is 12.6 Å². The van der Waals surface area contributed by atoms with Crippen LogP contribution in [0.1, 0.15) is 6.92 Å². The molecule has 3 aromatic carbocycles. The van der Waals surface area contributed by atoms with E-state index in [2.05, 4.69) is 19.7 Å². The number of sulfone groups is 1. The Morgan fingerprint density at radius 1 is 0.860 bits per heavy atom. The Hall–Kier alpha value is -3.25. The summed E-state index contributed by atoms with van der Waals surface area (Å²) in [4.78, 5) is 8.67. The predicted molar refractivity (Wildman–Crippen MR) is 131 cm³/mol. The third-order valence-corrected chi connectivity index (χ3v) is 8.90. The Balaban J connectivity index is 0.00000645. The second-order valence-electron chi connectivity index (χ2n) is 8.09. The molecule has 0 heterocycles. The molecular weight excluding hydrogens is 714 g/mol. The Morgan fingerprint density at radius 3 is 2.00 bits per heavy atom. The number of rotatable bonds is 10. The molecule has 0 fully saturated rings. The number of carbonyl (C=O) groups is 1. The molecule has 0 aliphatic heterocycles. The minimum absolute atomic E-state index is 0. The molecule has 0 saturated carbocycles. The zero-order valence-corrected chi connectivity index (χ0v) is 25.0. The van der Waals surface area contributed by atoms with Gasteiger partial charge in [0.25, 0.3) is 0 Å². The maximum atomic E-state index is 13.3. The predicted octanol–water partition coefficient (Wildman–Crippen LogP) is -0.583. The van der Waals surface area contributed by atoms with Crippen molar-refractivity contribution in [1.29, 1.82) is 0 Å². The number of nitrogens with zero attached hydrogens (tertiary/aromatic N) is 2. The van der Waals surface area contributed by atoms with E-state index in [4.69, 9.17) is 0 Å². The number of anilines is 1. The van der Waals surface area contributed by atoms with E-state index in [9.17, 15) is 62.3 Å². The smallest absolute Gasteiger partial charge is 0.871 e. The zero-order chi connectivity index (χ0) is 31.8. The molecule has 3 rings (SSSR count). The van der Waals surface area contributed by atoms with Gasteiger partial charge in [0.15, 0.2) is 9.84 Å². The number of fused-ring (bicyclic) bond motifs is 1. The Morgan fingerprint density at radius 2 is 1.49 bits per heavy atom. The molecule has 0 aromatic heterocycles. The van der Waals surface area contributed by atoms with Crippen molar-refractivity contribution in [2.75, 3.05) is 17.7 Å². The molecular formula is C20H14CuN3O15S4-3. The summed E-state index contributed by atoms with van der Waals surface area (Å²) in [5.41, 5.74) is -2.40. The Bertz CT molecular complexity index is 2080. The second-order valence-corrected chi connectivity index (χ2v) is 14.0. The van der Waals surface area contributed by atoms with Gasteiger partial charge in [-0.05, 0) is 47.2 Å². The molecule has 0 bridgehead atoms. The number of carbonyl (C=O) groups excluding carboxylic acids is 1. The van der Waals surface area contributed by atoms with E-state index < -0.39 is 113 Å². The average molecular weight is 728 g/mol. The normalized spacial score (nSPS) is 12.7. The Labute approximate surface area is 254 Å². The van der Waals surface area contributed by atoms with Crippen LogP contribution in [0.2, 0.25) is 0 Å². The zero-order valence-electron chi connectivity index (χ0n) is 20.8. The average Bonchev–Trinajstić information content (AvgIpc) is 2.81. The van der Waals surface area contributed by atoms with Crippen molar-refractivity contribution in [2.24, 2.45) is 10.2 Å². The largest absolute Gasteiger partial charge is 2.00 e. The van der Waals surface area contributed by atoms with Crippen LogP contribution in [-0.4, -0.2) is 65.6 Å². The quantitative estimate of drug-likeness (QED) is 0.118. The van der Waals surface area contributed by atoms with Gasteiger partial charge < -0.3 is 29.2 Å². The number of amides is 1. The van der Waals surface area contributed by atoms with E-state index >= 15 is 0 Å². The van der Waals surface area contributed by atoms with Crippen molar-refractivity contribution < 1.29 is 83.6 Å². The number of hydrogen-bond acceptors (Lipinski definition) is 17. The minimum Gasteiger partial charge on any atom is -0.871 e. The summed E-state index contributed by atoms with van der Waals surface area (Å²) in [7, 11) is -20.3. The van der Waals surface area contributed by atoms with Crippen LogP contribution in [-0.2, 0) is 66.5 Å². The molecule has 23 heteroatoms. The van der Waals surface area contributed by atoms with Gasteiger partial charge in [-0.25, -0.2) is 33.7 Å². The minimum atomic E-state index is -5.54. The summed E-state index contributed by atoms with van der Waals surface area (Å²) >= 11 is 0. The van der Waals surface area contributed by atoms with Crippen LogP contribution in [0.15, 0.2) is 61.3 Å². The fourth-order valence-corrected chi connectivity index (χ4v) is 6.07. The van der Waals surface area contributed by atoms with Crippen LogP contribution in [0.4, 0.5) is 17.1 Å². The first kappa shape index (κ1) is 35.9. The third kappa shape index (κ3) is 8.88.